The monoisotopic (exact) mass is 294 g/mol. The molecule has 20 heavy (non-hydrogen) atoms. The molecule has 0 radical (unpaired) electrons. The first-order valence-corrected chi connectivity index (χ1v) is 8.63. The predicted molar refractivity (Wildman–Crippen MR) is 88.8 cm³/mol. The molecule has 1 aromatic heterocycles. The van der Waals surface area contributed by atoms with E-state index in [0.717, 1.165) is 22.7 Å². The molecular formula is C15H26N4S. The van der Waals surface area contributed by atoms with Crippen molar-refractivity contribution in [3.63, 3.8) is 0 Å². The molecule has 2 atom stereocenters. The fourth-order valence-corrected chi connectivity index (χ4v) is 3.82. The zero-order valence-corrected chi connectivity index (χ0v) is 13.8. The van der Waals surface area contributed by atoms with Gasteiger partial charge in [-0.05, 0) is 18.6 Å². The van der Waals surface area contributed by atoms with E-state index in [-0.39, 0.29) is 0 Å². The van der Waals surface area contributed by atoms with Crippen LogP contribution in [0.5, 0.6) is 0 Å². The molecule has 1 aliphatic carbocycles. The van der Waals surface area contributed by atoms with Gasteiger partial charge in [-0.1, -0.05) is 27.2 Å². The first kappa shape index (κ1) is 15.4. The van der Waals surface area contributed by atoms with Gasteiger partial charge in [0, 0.05) is 30.3 Å². The highest BCUT2D eigenvalue weighted by atomic mass is 32.2. The van der Waals surface area contributed by atoms with Crippen molar-refractivity contribution in [2.24, 2.45) is 0 Å². The molecule has 0 amide bonds. The first-order valence-electron chi connectivity index (χ1n) is 7.59. The molecule has 0 aliphatic heterocycles. The Kier molecular flexibility index (Phi) is 5.52. The number of nitrogens with one attached hydrogen (secondary N) is 2. The average molecular weight is 294 g/mol. The molecule has 1 fully saturated rings. The maximum atomic E-state index is 4.67. The lowest BCUT2D eigenvalue weighted by molar-refractivity contribution is 0.743. The molecule has 1 aromatic rings. The van der Waals surface area contributed by atoms with Gasteiger partial charge in [0.05, 0.1) is 0 Å². The van der Waals surface area contributed by atoms with Crippen LogP contribution in [0.25, 0.3) is 0 Å². The van der Waals surface area contributed by atoms with Gasteiger partial charge in [-0.25, -0.2) is 9.97 Å². The second-order valence-electron chi connectivity index (χ2n) is 5.58. The van der Waals surface area contributed by atoms with Crippen LogP contribution in [0.4, 0.5) is 11.6 Å². The molecule has 4 nitrogen and oxygen atoms in total. The summed E-state index contributed by atoms with van der Waals surface area (Å²) in [7, 11) is 1.90. The largest absolute Gasteiger partial charge is 0.373 e. The maximum Gasteiger partial charge on any atom is 0.135 e. The van der Waals surface area contributed by atoms with Gasteiger partial charge in [-0.2, -0.15) is 11.8 Å². The molecule has 1 aliphatic rings. The van der Waals surface area contributed by atoms with E-state index in [1.54, 1.807) is 0 Å². The second kappa shape index (κ2) is 7.16. The van der Waals surface area contributed by atoms with Gasteiger partial charge in [-0.3, -0.25) is 0 Å². The number of aromatic nitrogens is 2. The van der Waals surface area contributed by atoms with E-state index in [1.807, 2.05) is 13.1 Å². The summed E-state index contributed by atoms with van der Waals surface area (Å²) in [4.78, 5) is 9.18. The maximum absolute atomic E-state index is 4.67. The van der Waals surface area contributed by atoms with Crippen LogP contribution >= 0.6 is 11.8 Å². The second-order valence-corrected chi connectivity index (χ2v) is 7.09. The SMILES string of the molecule is CCSC1CCCC1Nc1cc(NC)nc(C(C)C)n1. The summed E-state index contributed by atoms with van der Waals surface area (Å²) in [5.74, 6) is 4.28. The Morgan fingerprint density at radius 3 is 2.70 bits per heavy atom. The Hall–Kier alpha value is -0.970. The third kappa shape index (κ3) is 3.78. The van der Waals surface area contributed by atoms with Crippen LogP contribution in [0.15, 0.2) is 6.07 Å². The predicted octanol–water partition coefficient (Wildman–Crippen LogP) is 3.73. The third-order valence-electron chi connectivity index (χ3n) is 3.68. The summed E-state index contributed by atoms with van der Waals surface area (Å²) in [5.41, 5.74) is 0. The van der Waals surface area contributed by atoms with E-state index in [4.69, 9.17) is 0 Å². The molecule has 0 bridgehead atoms. The van der Waals surface area contributed by atoms with Gasteiger partial charge < -0.3 is 10.6 Å². The van der Waals surface area contributed by atoms with E-state index in [0.29, 0.717) is 12.0 Å². The van der Waals surface area contributed by atoms with Crippen molar-refractivity contribution in [1.82, 2.24) is 9.97 Å². The van der Waals surface area contributed by atoms with Crippen molar-refractivity contribution >= 4 is 23.4 Å². The molecule has 5 heteroatoms. The number of rotatable bonds is 6. The van der Waals surface area contributed by atoms with E-state index >= 15 is 0 Å². The van der Waals surface area contributed by atoms with E-state index in [1.165, 1.54) is 25.0 Å². The third-order valence-corrected chi connectivity index (χ3v) is 5.01. The smallest absolute Gasteiger partial charge is 0.135 e. The fourth-order valence-electron chi connectivity index (χ4n) is 2.62. The number of thioether (sulfide) groups is 1. The van der Waals surface area contributed by atoms with Crippen molar-refractivity contribution in [1.29, 1.82) is 0 Å². The van der Waals surface area contributed by atoms with E-state index in [9.17, 15) is 0 Å². The minimum absolute atomic E-state index is 0.341. The zero-order chi connectivity index (χ0) is 14.5. The van der Waals surface area contributed by atoms with Crippen molar-refractivity contribution in [3.05, 3.63) is 11.9 Å². The fraction of sp³-hybridized carbons (Fsp3) is 0.733. The van der Waals surface area contributed by atoms with Crippen molar-refractivity contribution in [3.8, 4) is 0 Å². The molecule has 0 spiro atoms. The van der Waals surface area contributed by atoms with Crippen molar-refractivity contribution < 1.29 is 0 Å². The summed E-state index contributed by atoms with van der Waals surface area (Å²) in [6.07, 6.45) is 3.88. The average Bonchev–Trinajstić information content (AvgIpc) is 2.86. The van der Waals surface area contributed by atoms with E-state index in [2.05, 4.69) is 53.1 Å². The first-order chi connectivity index (χ1) is 9.63. The molecule has 112 valence electrons. The van der Waals surface area contributed by atoms with E-state index < -0.39 is 0 Å². The van der Waals surface area contributed by atoms with Gasteiger partial charge in [0.25, 0.3) is 0 Å². The number of nitrogens with zero attached hydrogens (tertiary/aromatic N) is 2. The summed E-state index contributed by atoms with van der Waals surface area (Å²) < 4.78 is 0. The summed E-state index contributed by atoms with van der Waals surface area (Å²) in [5, 5.41) is 7.48. The van der Waals surface area contributed by atoms with Gasteiger partial charge in [-0.15, -0.1) is 0 Å². The zero-order valence-electron chi connectivity index (χ0n) is 12.9. The minimum atomic E-state index is 0.341. The lowest BCUT2D eigenvalue weighted by Crippen LogP contribution is -2.27. The number of hydrogen-bond donors (Lipinski definition) is 2. The lowest BCUT2D eigenvalue weighted by atomic mass is 10.2. The van der Waals surface area contributed by atoms with Crippen LogP contribution in [0.1, 0.15) is 51.8 Å². The van der Waals surface area contributed by atoms with Gasteiger partial charge in [0.15, 0.2) is 0 Å². The Balaban J connectivity index is 2.13. The summed E-state index contributed by atoms with van der Waals surface area (Å²) in [6, 6.07) is 2.55. The highest BCUT2D eigenvalue weighted by molar-refractivity contribution is 7.99. The molecule has 2 N–H and O–H groups in total. The van der Waals surface area contributed by atoms with Gasteiger partial charge >= 0.3 is 0 Å². The van der Waals surface area contributed by atoms with Crippen LogP contribution < -0.4 is 10.6 Å². The van der Waals surface area contributed by atoms with Crippen LogP contribution in [-0.2, 0) is 0 Å². The topological polar surface area (TPSA) is 49.8 Å². The quantitative estimate of drug-likeness (QED) is 0.837. The lowest BCUT2D eigenvalue weighted by Gasteiger charge is -2.21. The summed E-state index contributed by atoms with van der Waals surface area (Å²) >= 11 is 2.07. The van der Waals surface area contributed by atoms with Gasteiger partial charge in [0.2, 0.25) is 0 Å². The highest BCUT2D eigenvalue weighted by Crippen LogP contribution is 2.32. The van der Waals surface area contributed by atoms with Crippen LogP contribution in [0.2, 0.25) is 0 Å². The van der Waals surface area contributed by atoms with Crippen LogP contribution in [0.3, 0.4) is 0 Å². The molecular weight excluding hydrogens is 268 g/mol. The Morgan fingerprint density at radius 2 is 2.05 bits per heavy atom. The Labute approximate surface area is 126 Å². The molecule has 1 heterocycles. The molecule has 2 rings (SSSR count). The van der Waals surface area contributed by atoms with Gasteiger partial charge in [0.1, 0.15) is 17.5 Å². The van der Waals surface area contributed by atoms with Crippen molar-refractivity contribution in [2.45, 2.75) is 57.2 Å². The Bertz CT molecular complexity index is 436. The number of hydrogen-bond acceptors (Lipinski definition) is 5. The van der Waals surface area contributed by atoms with Crippen molar-refractivity contribution in [2.75, 3.05) is 23.4 Å². The molecule has 2 unspecified atom stereocenters. The molecule has 0 aromatic carbocycles. The standard InChI is InChI=1S/C15H26N4S/c1-5-20-12-8-6-7-11(12)17-14-9-13(16-4)18-15(19-14)10(2)3/h9-12H,5-8H2,1-4H3,(H2,16,17,18,19). The molecule has 1 saturated carbocycles. The highest BCUT2D eigenvalue weighted by Gasteiger charge is 2.27. The number of anilines is 2. The van der Waals surface area contributed by atoms with Crippen LogP contribution in [0, 0.1) is 0 Å². The normalized spacial score (nSPS) is 22.2. The molecule has 0 saturated heterocycles. The Morgan fingerprint density at radius 1 is 1.30 bits per heavy atom. The summed E-state index contributed by atoms with van der Waals surface area (Å²) in [6.45, 7) is 6.49. The van der Waals surface area contributed by atoms with Crippen LogP contribution in [-0.4, -0.2) is 34.1 Å². The minimum Gasteiger partial charge on any atom is -0.373 e.